The molecule has 2 atom stereocenters. The van der Waals surface area contributed by atoms with Gasteiger partial charge in [-0.1, -0.05) is 24.3 Å². The fourth-order valence-corrected chi connectivity index (χ4v) is 4.61. The molecule has 192 valence electrons. The molecule has 0 spiro atoms. The number of anilines is 1. The van der Waals surface area contributed by atoms with Crippen molar-refractivity contribution in [1.82, 2.24) is 20.2 Å². The van der Waals surface area contributed by atoms with Gasteiger partial charge in [-0.2, -0.15) is 13.6 Å². The molecule has 0 unspecified atom stereocenters. The van der Waals surface area contributed by atoms with Crippen molar-refractivity contribution in [2.75, 3.05) is 25.0 Å². The number of nitrogens with zero attached hydrogens (tertiary/aromatic N) is 3. The lowest BCUT2D eigenvalue weighted by molar-refractivity contribution is 0.139. The molecule has 0 bridgehead atoms. The van der Waals surface area contributed by atoms with Gasteiger partial charge in [-0.05, 0) is 55.7 Å². The minimum atomic E-state index is -4.20. The van der Waals surface area contributed by atoms with Crippen LogP contribution in [0.15, 0.2) is 54.7 Å². The van der Waals surface area contributed by atoms with Gasteiger partial charge in [-0.15, -0.1) is 0 Å². The van der Waals surface area contributed by atoms with Crippen LogP contribution in [-0.2, 0) is 23.3 Å². The Hall–Kier alpha value is -3.25. The van der Waals surface area contributed by atoms with E-state index in [1.54, 1.807) is 12.3 Å². The number of nitrogens with one attached hydrogen (secondary N) is 2. The number of aromatic nitrogens is 2. The number of hydrogen-bond donors (Lipinski definition) is 4. The van der Waals surface area contributed by atoms with Gasteiger partial charge < -0.3 is 19.9 Å². The van der Waals surface area contributed by atoms with Gasteiger partial charge in [0.2, 0.25) is 5.95 Å². The first kappa shape index (κ1) is 25.8. The molecule has 1 fully saturated rings. The minimum Gasteiger partial charge on any atom is -0.504 e. The molecule has 3 aromatic rings. The van der Waals surface area contributed by atoms with Gasteiger partial charge in [0.25, 0.3) is 0 Å². The Balaban J connectivity index is 1.37. The summed E-state index contributed by atoms with van der Waals surface area (Å²) in [6, 6.07) is 15.8. The summed E-state index contributed by atoms with van der Waals surface area (Å²) in [5.41, 5.74) is 3.89. The van der Waals surface area contributed by atoms with E-state index in [0.29, 0.717) is 31.0 Å². The summed E-state index contributed by atoms with van der Waals surface area (Å²) in [5.74, 6) is -0.0152. The maximum atomic E-state index is 11.0. The third-order valence-electron chi connectivity index (χ3n) is 6.08. The van der Waals surface area contributed by atoms with Crippen molar-refractivity contribution in [1.29, 1.82) is 0 Å². The standard InChI is InChI=1S/C25H32N6O4S/c1-17-15-31(18(2)14-29-17)16-20-4-3-5-21(12-20)22-9-11-28-25(30-22)27-10-8-19-6-7-24(23(32)13-19)35-36(26,33)34/h3-7,9,11-13,17-18,29,32H,8,10,14-16H2,1-2H3,(H2,26,33,34)(H,27,28,30)/t17-,18-/m0/s1. The first-order valence-electron chi connectivity index (χ1n) is 11.8. The zero-order chi connectivity index (χ0) is 25.7. The Labute approximate surface area is 211 Å². The fourth-order valence-electron chi connectivity index (χ4n) is 4.22. The molecular weight excluding hydrogens is 480 g/mol. The fraction of sp³-hybridized carbons (Fsp3) is 0.360. The van der Waals surface area contributed by atoms with Crippen LogP contribution in [0.3, 0.4) is 0 Å². The van der Waals surface area contributed by atoms with Crippen LogP contribution in [0, 0.1) is 0 Å². The lowest BCUT2D eigenvalue weighted by Crippen LogP contribution is -2.53. The molecule has 4 rings (SSSR count). The van der Waals surface area contributed by atoms with Crippen LogP contribution in [0.25, 0.3) is 11.3 Å². The van der Waals surface area contributed by atoms with Crippen molar-refractivity contribution in [2.24, 2.45) is 5.14 Å². The smallest absolute Gasteiger partial charge is 0.380 e. The molecule has 1 aliphatic heterocycles. The molecule has 10 nitrogen and oxygen atoms in total. The molecule has 0 radical (unpaired) electrons. The molecule has 1 saturated heterocycles. The molecule has 11 heteroatoms. The van der Waals surface area contributed by atoms with Gasteiger partial charge in [-0.25, -0.2) is 9.97 Å². The second-order valence-electron chi connectivity index (χ2n) is 9.11. The topological polar surface area (TPSA) is 143 Å². The van der Waals surface area contributed by atoms with Crippen LogP contribution in [0.4, 0.5) is 5.95 Å². The van der Waals surface area contributed by atoms with Crippen molar-refractivity contribution in [2.45, 2.75) is 38.9 Å². The van der Waals surface area contributed by atoms with E-state index >= 15 is 0 Å². The minimum absolute atomic E-state index is 0.214. The van der Waals surface area contributed by atoms with Crippen LogP contribution in [0.5, 0.6) is 11.5 Å². The average molecular weight is 513 g/mol. The van der Waals surface area contributed by atoms with Crippen molar-refractivity contribution >= 4 is 16.3 Å². The van der Waals surface area contributed by atoms with E-state index in [0.717, 1.165) is 36.5 Å². The molecule has 0 aliphatic carbocycles. The highest BCUT2D eigenvalue weighted by atomic mass is 32.2. The van der Waals surface area contributed by atoms with Gasteiger partial charge in [-0.3, -0.25) is 4.90 Å². The van der Waals surface area contributed by atoms with Gasteiger partial charge in [0.15, 0.2) is 11.5 Å². The largest absolute Gasteiger partial charge is 0.504 e. The highest BCUT2D eigenvalue weighted by Crippen LogP contribution is 2.28. The van der Waals surface area contributed by atoms with Gasteiger partial charge in [0.1, 0.15) is 0 Å². The van der Waals surface area contributed by atoms with E-state index in [-0.39, 0.29) is 11.5 Å². The number of phenols is 1. The lowest BCUT2D eigenvalue weighted by Gasteiger charge is -2.37. The quantitative estimate of drug-likeness (QED) is 0.339. The molecule has 1 aliphatic rings. The van der Waals surface area contributed by atoms with Crippen molar-refractivity contribution in [3.8, 4) is 22.8 Å². The number of nitrogens with two attached hydrogens (primary N) is 1. The zero-order valence-corrected chi connectivity index (χ0v) is 21.2. The summed E-state index contributed by atoms with van der Waals surface area (Å²) in [6.07, 6.45) is 2.27. The highest BCUT2D eigenvalue weighted by Gasteiger charge is 2.22. The second kappa shape index (κ2) is 11.2. The molecular formula is C25H32N6O4S. The third-order valence-corrected chi connectivity index (χ3v) is 6.50. The SMILES string of the molecule is C[C@H]1CN(Cc2cccc(-c3ccnc(NCCc4ccc(OS(N)(=O)=O)c(O)c4)n3)c2)[C@@H](C)CN1. The number of aromatic hydroxyl groups is 1. The second-order valence-corrected chi connectivity index (χ2v) is 10.3. The summed E-state index contributed by atoms with van der Waals surface area (Å²) < 4.78 is 26.6. The summed E-state index contributed by atoms with van der Waals surface area (Å²) in [7, 11) is -4.20. The average Bonchev–Trinajstić information content (AvgIpc) is 2.83. The van der Waals surface area contributed by atoms with Crippen LogP contribution < -0.4 is 20.0 Å². The number of rotatable bonds is 9. The van der Waals surface area contributed by atoms with Crippen molar-refractivity contribution < 1.29 is 17.7 Å². The van der Waals surface area contributed by atoms with Gasteiger partial charge >= 0.3 is 10.3 Å². The Morgan fingerprint density at radius 3 is 2.81 bits per heavy atom. The molecule has 5 N–H and O–H groups in total. The van der Waals surface area contributed by atoms with Crippen LogP contribution in [0.1, 0.15) is 25.0 Å². The maximum Gasteiger partial charge on any atom is 0.380 e. The molecule has 36 heavy (non-hydrogen) atoms. The van der Waals surface area contributed by atoms with Gasteiger partial charge in [0, 0.05) is 50.0 Å². The Morgan fingerprint density at radius 1 is 1.19 bits per heavy atom. The van der Waals surface area contributed by atoms with E-state index in [4.69, 9.17) is 5.14 Å². The Morgan fingerprint density at radius 2 is 2.03 bits per heavy atom. The molecule has 0 amide bonds. The Kier molecular flexibility index (Phi) is 8.04. The summed E-state index contributed by atoms with van der Waals surface area (Å²) in [6.45, 7) is 7.88. The Bertz CT molecular complexity index is 1300. The third kappa shape index (κ3) is 7.14. The van der Waals surface area contributed by atoms with E-state index in [9.17, 15) is 13.5 Å². The summed E-state index contributed by atoms with van der Waals surface area (Å²) in [5, 5.41) is 21.6. The maximum absolute atomic E-state index is 11.0. The highest BCUT2D eigenvalue weighted by molar-refractivity contribution is 7.84. The van der Waals surface area contributed by atoms with Crippen molar-refractivity contribution in [3.63, 3.8) is 0 Å². The van der Waals surface area contributed by atoms with Crippen LogP contribution >= 0.6 is 0 Å². The molecule has 1 aromatic heterocycles. The number of hydrogen-bond acceptors (Lipinski definition) is 9. The zero-order valence-electron chi connectivity index (χ0n) is 20.4. The van der Waals surface area contributed by atoms with Crippen molar-refractivity contribution in [3.05, 3.63) is 65.9 Å². The number of benzene rings is 2. The van der Waals surface area contributed by atoms with Crippen LogP contribution in [0.2, 0.25) is 0 Å². The predicted molar refractivity (Wildman–Crippen MR) is 139 cm³/mol. The first-order chi connectivity index (χ1) is 17.2. The predicted octanol–water partition coefficient (Wildman–Crippen LogP) is 2.27. The van der Waals surface area contributed by atoms with E-state index < -0.39 is 10.3 Å². The normalized spacial score (nSPS) is 18.6. The molecule has 0 saturated carbocycles. The lowest BCUT2D eigenvalue weighted by atomic mass is 10.1. The van der Waals surface area contributed by atoms with E-state index in [1.807, 2.05) is 12.1 Å². The monoisotopic (exact) mass is 512 g/mol. The van der Waals surface area contributed by atoms with E-state index in [2.05, 4.69) is 61.7 Å². The first-order valence-corrected chi connectivity index (χ1v) is 13.3. The van der Waals surface area contributed by atoms with E-state index in [1.165, 1.54) is 17.7 Å². The molecule has 2 heterocycles. The number of phenolic OH excluding ortho intramolecular Hbond substituents is 1. The number of piperazine rings is 1. The molecule has 2 aromatic carbocycles. The summed E-state index contributed by atoms with van der Waals surface area (Å²) >= 11 is 0. The van der Waals surface area contributed by atoms with Gasteiger partial charge in [0.05, 0.1) is 5.69 Å². The summed E-state index contributed by atoms with van der Waals surface area (Å²) in [4.78, 5) is 11.5. The van der Waals surface area contributed by atoms with Crippen LogP contribution in [-0.4, -0.2) is 60.1 Å².